The minimum atomic E-state index is -3.85. The summed E-state index contributed by atoms with van der Waals surface area (Å²) in [4.78, 5) is 14.7. The zero-order valence-corrected chi connectivity index (χ0v) is 19.2. The van der Waals surface area contributed by atoms with Gasteiger partial charge in [-0.2, -0.15) is 4.31 Å². The van der Waals surface area contributed by atoms with E-state index in [0.717, 1.165) is 5.56 Å². The van der Waals surface area contributed by atoms with Crippen LogP contribution in [0.15, 0.2) is 46.0 Å². The first-order valence-corrected chi connectivity index (χ1v) is 11.8. The van der Waals surface area contributed by atoms with Crippen LogP contribution in [0, 0.1) is 12.8 Å². The van der Waals surface area contributed by atoms with Crippen molar-refractivity contribution in [1.82, 2.24) is 19.7 Å². The van der Waals surface area contributed by atoms with Gasteiger partial charge < -0.3 is 14.7 Å². The molecule has 1 aromatic carbocycles. The molecule has 1 N–H and O–H groups in total. The first kappa shape index (κ1) is 23.0. The molecule has 9 heteroatoms. The van der Waals surface area contributed by atoms with E-state index in [1.165, 1.54) is 4.31 Å². The van der Waals surface area contributed by atoms with Crippen LogP contribution in [0.2, 0.25) is 0 Å². The molecule has 1 amide bonds. The number of benzene rings is 1. The second-order valence-electron chi connectivity index (χ2n) is 8.08. The van der Waals surface area contributed by atoms with E-state index in [-0.39, 0.29) is 29.1 Å². The Balaban J connectivity index is 1.75. The van der Waals surface area contributed by atoms with Crippen molar-refractivity contribution in [2.24, 2.45) is 5.92 Å². The van der Waals surface area contributed by atoms with Crippen LogP contribution in [0.3, 0.4) is 0 Å². The third-order valence-electron chi connectivity index (χ3n) is 5.37. The third kappa shape index (κ3) is 5.34. The van der Waals surface area contributed by atoms with Crippen molar-refractivity contribution in [1.29, 1.82) is 0 Å². The predicted octanol–water partition coefficient (Wildman–Crippen LogP) is 2.79. The van der Waals surface area contributed by atoms with E-state index in [9.17, 15) is 13.2 Å². The van der Waals surface area contributed by atoms with Gasteiger partial charge in [0.05, 0.1) is 12.0 Å². The van der Waals surface area contributed by atoms with E-state index >= 15 is 0 Å². The Morgan fingerprint density at radius 1 is 1.32 bits per heavy atom. The van der Waals surface area contributed by atoms with Gasteiger partial charge in [-0.25, -0.2) is 8.42 Å². The van der Waals surface area contributed by atoms with Crippen LogP contribution in [0.1, 0.15) is 42.8 Å². The van der Waals surface area contributed by atoms with E-state index in [1.807, 2.05) is 51.4 Å². The van der Waals surface area contributed by atoms with Gasteiger partial charge in [-0.05, 0) is 32.3 Å². The van der Waals surface area contributed by atoms with Gasteiger partial charge in [-0.15, -0.1) is 0 Å². The van der Waals surface area contributed by atoms with Crippen LogP contribution < -0.4 is 5.32 Å². The molecule has 0 radical (unpaired) electrons. The fourth-order valence-electron chi connectivity index (χ4n) is 3.68. The molecule has 1 saturated heterocycles. The number of nitrogens with zero attached hydrogens (tertiary/aromatic N) is 3. The number of hydrogen-bond acceptors (Lipinski definition) is 6. The van der Waals surface area contributed by atoms with Gasteiger partial charge in [0.25, 0.3) is 0 Å². The predicted molar refractivity (Wildman–Crippen MR) is 118 cm³/mol. The summed E-state index contributed by atoms with van der Waals surface area (Å²) in [5, 5.41) is 6.87. The van der Waals surface area contributed by atoms with Crippen LogP contribution >= 0.6 is 0 Å². The lowest BCUT2D eigenvalue weighted by molar-refractivity contribution is -0.126. The van der Waals surface area contributed by atoms with E-state index in [4.69, 9.17) is 4.52 Å². The number of aryl methyl sites for hydroxylation is 1. The van der Waals surface area contributed by atoms with Crippen molar-refractivity contribution in [2.75, 3.05) is 27.2 Å². The smallest absolute Gasteiger partial charge is 0.248 e. The largest absolute Gasteiger partial charge is 0.383 e. The maximum absolute atomic E-state index is 13.4. The molecule has 8 nitrogen and oxygen atoms in total. The number of amides is 1. The summed E-state index contributed by atoms with van der Waals surface area (Å²) in [5.41, 5.74) is 1.32. The molecule has 0 unspecified atom stereocenters. The van der Waals surface area contributed by atoms with Crippen molar-refractivity contribution >= 4 is 22.0 Å². The first-order chi connectivity index (χ1) is 14.7. The lowest BCUT2D eigenvalue weighted by Crippen LogP contribution is -2.46. The average Bonchev–Trinajstić information content (AvgIpc) is 3.14. The summed E-state index contributed by atoms with van der Waals surface area (Å²) in [6.45, 7) is 4.03. The van der Waals surface area contributed by atoms with Gasteiger partial charge in [0.2, 0.25) is 15.9 Å². The third-order valence-corrected chi connectivity index (χ3v) is 7.39. The number of piperidine rings is 1. The highest BCUT2D eigenvalue weighted by atomic mass is 32.2. The van der Waals surface area contributed by atoms with Crippen LogP contribution in [0.4, 0.5) is 0 Å². The number of aromatic nitrogens is 1. The molecular weight excluding hydrogens is 416 g/mol. The maximum atomic E-state index is 13.4. The Kier molecular flexibility index (Phi) is 7.17. The Morgan fingerprint density at radius 2 is 2.03 bits per heavy atom. The van der Waals surface area contributed by atoms with Crippen LogP contribution in [-0.4, -0.2) is 55.9 Å². The fourth-order valence-corrected chi connectivity index (χ4v) is 5.45. The topological polar surface area (TPSA) is 95.8 Å². The summed E-state index contributed by atoms with van der Waals surface area (Å²) in [6, 6.07) is 9.55. The Labute approximate surface area is 183 Å². The van der Waals surface area contributed by atoms with Crippen LogP contribution in [0.5, 0.6) is 0 Å². The monoisotopic (exact) mass is 446 g/mol. The molecular formula is C22H30N4O4S. The molecule has 2 aromatic rings. The highest BCUT2D eigenvalue weighted by molar-refractivity contribution is 7.89. The zero-order valence-electron chi connectivity index (χ0n) is 18.4. The van der Waals surface area contributed by atoms with Crippen molar-refractivity contribution in [3.8, 4) is 0 Å². The van der Waals surface area contributed by atoms with Gasteiger partial charge in [0, 0.05) is 39.5 Å². The Bertz CT molecular complexity index is 1030. The lowest BCUT2D eigenvalue weighted by atomic mass is 9.98. The van der Waals surface area contributed by atoms with Gasteiger partial charge in [-0.1, -0.05) is 35.5 Å². The number of nitrogens with one attached hydrogen (secondary N) is 1. The van der Waals surface area contributed by atoms with Crippen molar-refractivity contribution < 1.29 is 17.7 Å². The standard InChI is InChI=1S/C22H30N4O4S/c1-16(18-9-6-5-7-10-18)23-22(27)19-11-8-13-26(15-19)31(28,29)21-17(2)24-30-20(21)12-14-25(3)4/h5-7,9-10,12,14,16,19H,8,11,13,15H2,1-4H3,(H,23,27)/b14-12+/t16-,19-/m1/s1. The first-order valence-electron chi connectivity index (χ1n) is 10.4. The van der Waals surface area contributed by atoms with E-state index < -0.39 is 15.9 Å². The normalized spacial score (nSPS) is 18.8. The molecule has 0 saturated carbocycles. The van der Waals surface area contributed by atoms with Crippen molar-refractivity contribution in [3.05, 3.63) is 53.5 Å². The average molecular weight is 447 g/mol. The molecule has 1 aliphatic rings. The van der Waals surface area contributed by atoms with Gasteiger partial charge >= 0.3 is 0 Å². The lowest BCUT2D eigenvalue weighted by Gasteiger charge is -2.31. The molecule has 0 bridgehead atoms. The Morgan fingerprint density at radius 3 is 2.71 bits per heavy atom. The summed E-state index contributed by atoms with van der Waals surface area (Å²) in [5.74, 6) is -0.350. The maximum Gasteiger partial charge on any atom is 0.248 e. The molecule has 0 spiro atoms. The van der Waals surface area contributed by atoms with Crippen molar-refractivity contribution in [3.63, 3.8) is 0 Å². The second kappa shape index (κ2) is 9.65. The van der Waals surface area contributed by atoms with Gasteiger partial charge in [0.1, 0.15) is 5.69 Å². The van der Waals surface area contributed by atoms with Gasteiger partial charge in [0.15, 0.2) is 10.7 Å². The Hall–Kier alpha value is -2.65. The minimum absolute atomic E-state index is 0.0595. The van der Waals surface area contributed by atoms with E-state index in [0.29, 0.717) is 25.1 Å². The molecule has 168 valence electrons. The van der Waals surface area contributed by atoms with Crippen LogP contribution in [0.25, 0.3) is 6.08 Å². The zero-order chi connectivity index (χ0) is 22.6. The molecule has 0 aliphatic carbocycles. The summed E-state index contributed by atoms with van der Waals surface area (Å²) < 4.78 is 33.4. The number of carbonyl (C=O) groups excluding carboxylic acids is 1. The highest BCUT2D eigenvalue weighted by Gasteiger charge is 2.37. The molecule has 3 rings (SSSR count). The summed E-state index contributed by atoms with van der Waals surface area (Å²) >= 11 is 0. The fraction of sp³-hybridized carbons (Fsp3) is 0.455. The SMILES string of the molecule is Cc1noc(/C=C/N(C)C)c1S(=O)(=O)N1CCC[C@@H](C(=O)N[C@H](C)c2ccccc2)C1. The minimum Gasteiger partial charge on any atom is -0.383 e. The number of sulfonamides is 1. The molecule has 2 heterocycles. The van der Waals surface area contributed by atoms with Crippen molar-refractivity contribution in [2.45, 2.75) is 37.6 Å². The quantitative estimate of drug-likeness (QED) is 0.703. The summed E-state index contributed by atoms with van der Waals surface area (Å²) in [7, 11) is -0.185. The molecule has 1 fully saturated rings. The number of hydrogen-bond donors (Lipinski definition) is 1. The number of rotatable bonds is 7. The van der Waals surface area contributed by atoms with E-state index in [2.05, 4.69) is 10.5 Å². The van der Waals surface area contributed by atoms with E-state index in [1.54, 1.807) is 24.1 Å². The number of carbonyl (C=O) groups is 1. The highest BCUT2D eigenvalue weighted by Crippen LogP contribution is 2.29. The molecule has 2 atom stereocenters. The molecule has 1 aliphatic heterocycles. The van der Waals surface area contributed by atoms with Gasteiger partial charge in [-0.3, -0.25) is 4.79 Å². The van der Waals surface area contributed by atoms with Crippen LogP contribution in [-0.2, 0) is 14.8 Å². The second-order valence-corrected chi connectivity index (χ2v) is 9.96. The molecule has 1 aromatic heterocycles. The molecule has 31 heavy (non-hydrogen) atoms. The summed E-state index contributed by atoms with van der Waals surface area (Å²) in [6.07, 6.45) is 4.55.